The van der Waals surface area contributed by atoms with E-state index in [-0.39, 0.29) is 5.91 Å². The van der Waals surface area contributed by atoms with Crippen LogP contribution in [0, 0.1) is 0 Å². The van der Waals surface area contributed by atoms with Crippen LogP contribution in [0.2, 0.25) is 0 Å². The zero-order chi connectivity index (χ0) is 18.8. The van der Waals surface area contributed by atoms with Crippen molar-refractivity contribution in [3.63, 3.8) is 0 Å². The molecule has 2 N–H and O–H groups in total. The van der Waals surface area contributed by atoms with Gasteiger partial charge >= 0.3 is 0 Å². The van der Waals surface area contributed by atoms with Crippen LogP contribution in [0.25, 0.3) is 0 Å². The van der Waals surface area contributed by atoms with Crippen LogP contribution in [0.15, 0.2) is 42.6 Å². The number of amides is 1. The van der Waals surface area contributed by atoms with Gasteiger partial charge in [-0.25, -0.2) is 4.98 Å². The van der Waals surface area contributed by atoms with Gasteiger partial charge < -0.3 is 20.3 Å². The van der Waals surface area contributed by atoms with Gasteiger partial charge in [0, 0.05) is 19.3 Å². The SMILES string of the molecule is COc1ccccc1CCNC(=O)c1ccc(NCCCN(C)C)nc1. The Labute approximate surface area is 155 Å². The van der Waals surface area contributed by atoms with Gasteiger partial charge in [0.1, 0.15) is 11.6 Å². The van der Waals surface area contributed by atoms with Crippen LogP contribution >= 0.6 is 0 Å². The largest absolute Gasteiger partial charge is 0.496 e. The van der Waals surface area contributed by atoms with Gasteiger partial charge in [0.2, 0.25) is 0 Å². The first kappa shape index (κ1) is 19.7. The second-order valence-electron chi connectivity index (χ2n) is 6.33. The molecule has 0 saturated carbocycles. The van der Waals surface area contributed by atoms with E-state index < -0.39 is 0 Å². The minimum Gasteiger partial charge on any atom is -0.496 e. The lowest BCUT2D eigenvalue weighted by Crippen LogP contribution is -2.26. The molecule has 0 unspecified atom stereocenters. The average molecular weight is 356 g/mol. The van der Waals surface area contributed by atoms with Crippen LogP contribution in [0.3, 0.4) is 0 Å². The maximum Gasteiger partial charge on any atom is 0.252 e. The summed E-state index contributed by atoms with van der Waals surface area (Å²) < 4.78 is 5.32. The minimum atomic E-state index is -0.119. The Bertz CT molecular complexity index is 686. The third-order valence-corrected chi connectivity index (χ3v) is 3.99. The zero-order valence-corrected chi connectivity index (χ0v) is 15.8. The van der Waals surface area contributed by atoms with Gasteiger partial charge in [0.05, 0.1) is 12.7 Å². The van der Waals surface area contributed by atoms with E-state index in [9.17, 15) is 4.79 Å². The van der Waals surface area contributed by atoms with E-state index in [0.29, 0.717) is 18.5 Å². The standard InChI is InChI=1S/C20H28N4O2/c1-24(2)14-6-12-21-19-10-9-17(15-23-19)20(25)22-13-11-16-7-4-5-8-18(16)26-3/h4-5,7-10,15H,6,11-14H2,1-3H3,(H,21,23)(H,22,25). The van der Waals surface area contributed by atoms with E-state index in [0.717, 1.165) is 36.6 Å². The summed E-state index contributed by atoms with van der Waals surface area (Å²) in [5.74, 6) is 1.51. The molecule has 140 valence electrons. The number of rotatable bonds is 10. The highest BCUT2D eigenvalue weighted by Crippen LogP contribution is 2.17. The molecule has 1 heterocycles. The number of anilines is 1. The molecule has 1 aromatic heterocycles. The molecule has 0 aliphatic rings. The van der Waals surface area contributed by atoms with Crippen LogP contribution in [0.1, 0.15) is 22.3 Å². The number of aromatic nitrogens is 1. The summed E-state index contributed by atoms with van der Waals surface area (Å²) >= 11 is 0. The van der Waals surface area contributed by atoms with Gasteiger partial charge in [-0.3, -0.25) is 4.79 Å². The molecule has 6 heteroatoms. The number of nitrogens with zero attached hydrogens (tertiary/aromatic N) is 2. The topological polar surface area (TPSA) is 66.5 Å². The average Bonchev–Trinajstić information content (AvgIpc) is 2.66. The van der Waals surface area contributed by atoms with Gasteiger partial charge in [-0.2, -0.15) is 0 Å². The highest BCUT2D eigenvalue weighted by molar-refractivity contribution is 5.94. The molecule has 0 atom stereocenters. The van der Waals surface area contributed by atoms with Gasteiger partial charge in [-0.15, -0.1) is 0 Å². The molecule has 0 aliphatic carbocycles. The molecule has 1 aromatic carbocycles. The number of methoxy groups -OCH3 is 1. The molecule has 0 spiro atoms. The van der Waals surface area contributed by atoms with Crippen molar-refractivity contribution in [2.75, 3.05) is 46.2 Å². The van der Waals surface area contributed by atoms with E-state index in [1.165, 1.54) is 0 Å². The van der Waals surface area contributed by atoms with Crippen LogP contribution in [0.5, 0.6) is 5.75 Å². The number of pyridine rings is 1. The molecular formula is C20H28N4O2. The van der Waals surface area contributed by atoms with Crippen molar-refractivity contribution in [3.05, 3.63) is 53.7 Å². The van der Waals surface area contributed by atoms with Crippen molar-refractivity contribution in [2.24, 2.45) is 0 Å². The second-order valence-corrected chi connectivity index (χ2v) is 6.33. The second kappa shape index (κ2) is 10.4. The fourth-order valence-corrected chi connectivity index (χ4v) is 2.57. The van der Waals surface area contributed by atoms with Crippen molar-refractivity contribution in [1.29, 1.82) is 0 Å². The molecule has 2 aromatic rings. The quantitative estimate of drug-likeness (QED) is 0.640. The predicted octanol–water partition coefficient (Wildman–Crippen LogP) is 2.43. The molecule has 0 radical (unpaired) electrons. The summed E-state index contributed by atoms with van der Waals surface area (Å²) in [6.07, 6.45) is 3.36. The zero-order valence-electron chi connectivity index (χ0n) is 15.8. The molecule has 6 nitrogen and oxygen atoms in total. The van der Waals surface area contributed by atoms with Crippen molar-refractivity contribution in [2.45, 2.75) is 12.8 Å². The van der Waals surface area contributed by atoms with Gasteiger partial charge in [0.25, 0.3) is 5.91 Å². The first-order valence-electron chi connectivity index (χ1n) is 8.85. The molecule has 2 rings (SSSR count). The number of hydrogen-bond donors (Lipinski definition) is 2. The molecule has 0 saturated heterocycles. The maximum absolute atomic E-state index is 12.2. The van der Waals surface area contributed by atoms with Crippen molar-refractivity contribution in [3.8, 4) is 5.75 Å². The lowest BCUT2D eigenvalue weighted by molar-refractivity contribution is 0.0953. The predicted molar refractivity (Wildman–Crippen MR) is 105 cm³/mol. The first-order valence-corrected chi connectivity index (χ1v) is 8.85. The highest BCUT2D eigenvalue weighted by atomic mass is 16.5. The number of hydrogen-bond acceptors (Lipinski definition) is 5. The molecule has 1 amide bonds. The first-order chi connectivity index (χ1) is 12.6. The summed E-state index contributed by atoms with van der Waals surface area (Å²) in [5, 5.41) is 6.18. The fraction of sp³-hybridized carbons (Fsp3) is 0.400. The Morgan fingerprint density at radius 3 is 2.65 bits per heavy atom. The Kier molecular flexibility index (Phi) is 7.89. The Morgan fingerprint density at radius 2 is 1.96 bits per heavy atom. The molecular weight excluding hydrogens is 328 g/mol. The summed E-state index contributed by atoms with van der Waals surface area (Å²) in [4.78, 5) is 18.7. The Hall–Kier alpha value is -2.60. The van der Waals surface area contributed by atoms with Crippen LogP contribution in [0.4, 0.5) is 5.82 Å². The third kappa shape index (κ3) is 6.37. The summed E-state index contributed by atoms with van der Waals surface area (Å²) in [5.41, 5.74) is 1.63. The lowest BCUT2D eigenvalue weighted by atomic mass is 10.1. The van der Waals surface area contributed by atoms with Crippen molar-refractivity contribution < 1.29 is 9.53 Å². The minimum absolute atomic E-state index is 0.119. The van der Waals surface area contributed by atoms with E-state index in [4.69, 9.17) is 4.74 Å². The van der Waals surface area contributed by atoms with E-state index >= 15 is 0 Å². The van der Waals surface area contributed by atoms with Crippen LogP contribution < -0.4 is 15.4 Å². The van der Waals surface area contributed by atoms with Gasteiger partial charge in [-0.05, 0) is 57.2 Å². The summed E-state index contributed by atoms with van der Waals surface area (Å²) in [6, 6.07) is 11.5. The number of carbonyl (C=O) groups is 1. The summed E-state index contributed by atoms with van der Waals surface area (Å²) in [6.45, 7) is 2.43. The fourth-order valence-electron chi connectivity index (χ4n) is 2.57. The number of carbonyl (C=O) groups excluding carboxylic acids is 1. The van der Waals surface area contributed by atoms with E-state index in [1.807, 2.05) is 30.3 Å². The lowest BCUT2D eigenvalue weighted by Gasteiger charge is -2.11. The molecule has 0 fully saturated rings. The Balaban J connectivity index is 1.77. The number of nitrogens with one attached hydrogen (secondary N) is 2. The van der Waals surface area contributed by atoms with E-state index in [2.05, 4.69) is 34.6 Å². The highest BCUT2D eigenvalue weighted by Gasteiger charge is 2.07. The van der Waals surface area contributed by atoms with E-state index in [1.54, 1.807) is 19.4 Å². The monoisotopic (exact) mass is 356 g/mol. The van der Waals surface area contributed by atoms with Crippen molar-refractivity contribution >= 4 is 11.7 Å². The normalized spacial score (nSPS) is 10.6. The van der Waals surface area contributed by atoms with Crippen LogP contribution in [-0.2, 0) is 6.42 Å². The number of para-hydroxylation sites is 1. The van der Waals surface area contributed by atoms with Gasteiger partial charge in [0.15, 0.2) is 0 Å². The summed E-state index contributed by atoms with van der Waals surface area (Å²) in [7, 11) is 5.76. The van der Waals surface area contributed by atoms with Gasteiger partial charge in [-0.1, -0.05) is 18.2 Å². The number of ether oxygens (including phenoxy) is 1. The smallest absolute Gasteiger partial charge is 0.252 e. The Morgan fingerprint density at radius 1 is 1.15 bits per heavy atom. The molecule has 26 heavy (non-hydrogen) atoms. The maximum atomic E-state index is 12.2. The van der Waals surface area contributed by atoms with Crippen molar-refractivity contribution in [1.82, 2.24) is 15.2 Å². The third-order valence-electron chi connectivity index (χ3n) is 3.99. The number of benzene rings is 1. The molecule has 0 bridgehead atoms. The molecule has 0 aliphatic heterocycles. The van der Waals surface area contributed by atoms with Crippen LogP contribution in [-0.4, -0.2) is 56.6 Å².